The molecule has 3 atom stereocenters. The molecule has 0 fully saturated rings. The molecule has 6 aromatic carbocycles. The van der Waals surface area contributed by atoms with E-state index in [0.717, 1.165) is 32.4 Å². The second kappa shape index (κ2) is 17.4. The van der Waals surface area contributed by atoms with Crippen LogP contribution in [-0.2, 0) is 43.0 Å². The molecule has 56 heavy (non-hydrogen) atoms. The van der Waals surface area contributed by atoms with Gasteiger partial charge < -0.3 is 29.7 Å². The van der Waals surface area contributed by atoms with Crippen LogP contribution in [0.3, 0.4) is 0 Å². The molecule has 0 bridgehead atoms. The van der Waals surface area contributed by atoms with E-state index in [9.17, 15) is 23.8 Å². The molecule has 6 aromatic rings. The molecule has 0 aromatic heterocycles. The Bertz CT molecular complexity index is 2390. The number of fused-ring (bicyclic) bond motifs is 2. The number of carbonyl (C=O) groups is 3. The molecule has 0 aliphatic carbocycles. The average Bonchev–Trinajstić information content (AvgIpc) is 3.33. The number of carbonyl (C=O) groups excluding carboxylic acids is 3. The fraction of sp³-hybridized carbons (Fsp3) is 0.159. The van der Waals surface area contributed by atoms with E-state index in [4.69, 9.17) is 9.26 Å². The van der Waals surface area contributed by atoms with Crippen molar-refractivity contribution in [2.75, 3.05) is 18.6 Å². The Morgan fingerprint density at radius 2 is 1.48 bits per heavy atom. The van der Waals surface area contributed by atoms with Gasteiger partial charge in [0.15, 0.2) is 0 Å². The first-order chi connectivity index (χ1) is 27.2. The van der Waals surface area contributed by atoms with E-state index in [1.54, 1.807) is 49.6 Å². The first-order valence-electron chi connectivity index (χ1n) is 18.0. The minimum atomic E-state index is -4.13. The number of para-hydroxylation sites is 1. The van der Waals surface area contributed by atoms with E-state index in [1.165, 1.54) is 28.8 Å². The molecule has 0 spiro atoms. The van der Waals surface area contributed by atoms with Gasteiger partial charge in [-0.2, -0.15) is 0 Å². The van der Waals surface area contributed by atoms with Crippen LogP contribution in [0.25, 0.3) is 10.8 Å². The summed E-state index contributed by atoms with van der Waals surface area (Å²) in [6, 6.07) is 42.8. The molecule has 1 aliphatic heterocycles. The quantitative estimate of drug-likeness (QED) is 0.106. The summed E-state index contributed by atoms with van der Waals surface area (Å²) in [6.45, 7) is -0.0247. The van der Waals surface area contributed by atoms with Gasteiger partial charge in [-0.05, 0) is 69.4 Å². The molecule has 0 saturated carbocycles. The summed E-state index contributed by atoms with van der Waals surface area (Å²) in [4.78, 5) is 55.0. The van der Waals surface area contributed by atoms with Crippen molar-refractivity contribution in [2.24, 2.45) is 0 Å². The van der Waals surface area contributed by atoms with E-state index in [-0.39, 0.29) is 37.3 Å². The highest BCUT2D eigenvalue weighted by molar-refractivity contribution is 7.99. The van der Waals surface area contributed by atoms with Gasteiger partial charge in [-0.3, -0.25) is 18.9 Å². The lowest BCUT2D eigenvalue weighted by molar-refractivity contribution is -0.128. The Labute approximate surface area is 329 Å². The van der Waals surface area contributed by atoms with Crippen molar-refractivity contribution in [1.82, 2.24) is 10.6 Å². The number of benzene rings is 6. The number of hydrogen-bond donors (Lipinski definition) is 3. The minimum Gasteiger partial charge on any atom is -0.497 e. The molecule has 1 unspecified atom stereocenters. The van der Waals surface area contributed by atoms with Crippen LogP contribution in [0.15, 0.2) is 150 Å². The molecule has 0 saturated heterocycles. The van der Waals surface area contributed by atoms with Crippen molar-refractivity contribution in [3.63, 3.8) is 0 Å². The van der Waals surface area contributed by atoms with Crippen LogP contribution in [0, 0.1) is 0 Å². The molecule has 3 amide bonds. The topological polar surface area (TPSA) is 134 Å². The summed E-state index contributed by atoms with van der Waals surface area (Å²) < 4.78 is 23.8. The number of thioether (sulfide) groups is 1. The first-order valence-corrected chi connectivity index (χ1v) is 20.5. The van der Waals surface area contributed by atoms with Crippen LogP contribution in [0.4, 0.5) is 5.69 Å². The molecule has 0 radical (unpaired) electrons. The standard InChI is InChI=1S/C44H40N3O7PS/c1-53-35-22-20-33(21-23-35)43-42(46-40(48)26-30-18-24-36(25-19-30)55(51,52)54-29-31-10-3-2-4-11-31)44(50)47(38-16-7-8-17-39(38)56-43)28-41(49)45-27-34-14-9-13-32-12-5-6-15-37(32)34/h2-25,42-43H,26-29H2,1H3,(H,45,49)(H,46,48)(H,51,52)/t42-,43-/m0/s1. The van der Waals surface area contributed by atoms with Gasteiger partial charge in [0.05, 0.1) is 36.4 Å². The van der Waals surface area contributed by atoms with Crippen molar-refractivity contribution < 1.29 is 33.1 Å². The third-order valence-corrected chi connectivity index (χ3v) is 12.4. The summed E-state index contributed by atoms with van der Waals surface area (Å²) in [5, 5.41) is 7.62. The first kappa shape index (κ1) is 38.6. The molecule has 12 heteroatoms. The number of methoxy groups -OCH3 is 1. The third-order valence-electron chi connectivity index (χ3n) is 9.54. The molecule has 284 valence electrons. The maximum atomic E-state index is 14.7. The summed E-state index contributed by atoms with van der Waals surface area (Å²) in [5.41, 5.74) is 3.63. The normalized spacial score (nSPS) is 16.3. The lowest BCUT2D eigenvalue weighted by Crippen LogP contribution is -2.52. The SMILES string of the molecule is COc1ccc([C@@H]2Sc3ccccc3N(CC(=O)NCc3cccc4ccccc34)C(=O)[C@H]2NC(=O)Cc2ccc(P(=O)(O)OCc3ccccc3)cc2)cc1. The Morgan fingerprint density at radius 3 is 2.25 bits per heavy atom. The van der Waals surface area contributed by atoms with Crippen LogP contribution in [0.2, 0.25) is 0 Å². The number of nitrogens with zero attached hydrogens (tertiary/aromatic N) is 1. The van der Waals surface area contributed by atoms with Crippen molar-refractivity contribution in [2.45, 2.75) is 35.8 Å². The van der Waals surface area contributed by atoms with Crippen LogP contribution >= 0.6 is 19.4 Å². The lowest BCUT2D eigenvalue weighted by atomic mass is 10.0. The maximum Gasteiger partial charge on any atom is 0.359 e. The second-order valence-corrected chi connectivity index (χ2v) is 16.3. The Morgan fingerprint density at radius 1 is 0.786 bits per heavy atom. The second-order valence-electron chi connectivity index (χ2n) is 13.3. The number of anilines is 1. The largest absolute Gasteiger partial charge is 0.497 e. The van der Waals surface area contributed by atoms with Crippen LogP contribution < -0.4 is 25.6 Å². The van der Waals surface area contributed by atoms with Gasteiger partial charge in [0, 0.05) is 11.4 Å². The van der Waals surface area contributed by atoms with Gasteiger partial charge in [-0.25, -0.2) is 0 Å². The van der Waals surface area contributed by atoms with Crippen molar-refractivity contribution in [1.29, 1.82) is 0 Å². The predicted octanol–water partition coefficient (Wildman–Crippen LogP) is 7.10. The smallest absolute Gasteiger partial charge is 0.359 e. The number of ether oxygens (including phenoxy) is 1. The molecule has 3 N–H and O–H groups in total. The maximum absolute atomic E-state index is 14.7. The van der Waals surface area contributed by atoms with E-state index in [2.05, 4.69) is 10.6 Å². The highest BCUT2D eigenvalue weighted by Crippen LogP contribution is 2.46. The molecular weight excluding hydrogens is 746 g/mol. The summed E-state index contributed by atoms with van der Waals surface area (Å²) in [6.07, 6.45) is -0.108. The Hall–Kier alpha value is -5.71. The van der Waals surface area contributed by atoms with Crippen LogP contribution in [0.5, 0.6) is 5.75 Å². The lowest BCUT2D eigenvalue weighted by Gasteiger charge is -2.28. The average molecular weight is 786 g/mol. The monoisotopic (exact) mass is 785 g/mol. The Balaban J connectivity index is 1.11. The summed E-state index contributed by atoms with van der Waals surface area (Å²) in [5.74, 6) is -0.586. The fourth-order valence-electron chi connectivity index (χ4n) is 6.62. The Kier molecular flexibility index (Phi) is 12.0. The zero-order valence-electron chi connectivity index (χ0n) is 30.5. The van der Waals surface area contributed by atoms with E-state index >= 15 is 0 Å². The van der Waals surface area contributed by atoms with Gasteiger partial charge in [0.1, 0.15) is 18.3 Å². The van der Waals surface area contributed by atoms with Crippen molar-refractivity contribution in [3.05, 3.63) is 168 Å². The zero-order chi connectivity index (χ0) is 39.1. The molecular formula is C44H40N3O7PS. The minimum absolute atomic E-state index is 0.0334. The highest BCUT2D eigenvalue weighted by Gasteiger charge is 2.40. The van der Waals surface area contributed by atoms with Crippen molar-refractivity contribution >= 4 is 58.8 Å². The predicted molar refractivity (Wildman–Crippen MR) is 219 cm³/mol. The fourth-order valence-corrected chi connectivity index (χ4v) is 8.96. The van der Waals surface area contributed by atoms with Crippen LogP contribution in [0.1, 0.15) is 27.5 Å². The number of hydrogen-bond acceptors (Lipinski definition) is 7. The van der Waals surface area contributed by atoms with Crippen molar-refractivity contribution in [3.8, 4) is 5.75 Å². The van der Waals surface area contributed by atoms with Gasteiger partial charge in [-0.15, -0.1) is 11.8 Å². The highest BCUT2D eigenvalue weighted by atomic mass is 32.2. The van der Waals surface area contributed by atoms with Crippen LogP contribution in [-0.4, -0.2) is 42.3 Å². The number of rotatable bonds is 13. The zero-order valence-corrected chi connectivity index (χ0v) is 32.2. The van der Waals surface area contributed by atoms with Gasteiger partial charge in [0.25, 0.3) is 5.91 Å². The number of nitrogens with one attached hydrogen (secondary N) is 2. The van der Waals surface area contributed by atoms with Gasteiger partial charge in [-0.1, -0.05) is 109 Å². The molecule has 1 aliphatic rings. The molecule has 7 rings (SSSR count). The van der Waals surface area contributed by atoms with E-state index in [1.807, 2.05) is 91.0 Å². The summed E-state index contributed by atoms with van der Waals surface area (Å²) >= 11 is 1.43. The summed E-state index contributed by atoms with van der Waals surface area (Å²) in [7, 11) is -2.56. The molecule has 10 nitrogen and oxygen atoms in total. The molecule has 1 heterocycles. The third kappa shape index (κ3) is 9.04. The van der Waals surface area contributed by atoms with E-state index < -0.39 is 30.7 Å². The van der Waals surface area contributed by atoms with Gasteiger partial charge in [0.2, 0.25) is 11.8 Å². The van der Waals surface area contributed by atoms with E-state index in [0.29, 0.717) is 17.0 Å². The van der Waals surface area contributed by atoms with Gasteiger partial charge >= 0.3 is 7.60 Å². The number of amides is 3.